The molecule has 0 aliphatic carbocycles. The maximum atomic E-state index is 9.78. The number of rotatable bonds is 2. The first-order chi connectivity index (χ1) is 6.83. The SMILES string of the molecule is CCOc1cccc2c1CSC[C@@H]2O. The second-order valence-electron chi connectivity index (χ2n) is 3.29. The van der Waals surface area contributed by atoms with Crippen LogP contribution in [0.25, 0.3) is 0 Å². The van der Waals surface area contributed by atoms with E-state index in [1.807, 2.05) is 25.1 Å². The van der Waals surface area contributed by atoms with E-state index >= 15 is 0 Å². The van der Waals surface area contributed by atoms with Gasteiger partial charge in [0.2, 0.25) is 0 Å². The van der Waals surface area contributed by atoms with Gasteiger partial charge in [-0.15, -0.1) is 0 Å². The summed E-state index contributed by atoms with van der Waals surface area (Å²) in [5, 5.41) is 9.78. The van der Waals surface area contributed by atoms with Crippen LogP contribution in [0.1, 0.15) is 24.2 Å². The van der Waals surface area contributed by atoms with Crippen molar-refractivity contribution in [3.63, 3.8) is 0 Å². The standard InChI is InChI=1S/C11H14O2S/c1-2-13-11-5-3-4-8-9(11)6-14-7-10(8)12/h3-5,10,12H,2,6-7H2,1H3/t10-/m0/s1. The van der Waals surface area contributed by atoms with Crippen molar-refractivity contribution >= 4 is 11.8 Å². The normalized spacial score (nSPS) is 20.3. The summed E-state index contributed by atoms with van der Waals surface area (Å²) < 4.78 is 5.53. The van der Waals surface area contributed by atoms with Gasteiger partial charge >= 0.3 is 0 Å². The van der Waals surface area contributed by atoms with Crippen LogP contribution >= 0.6 is 11.8 Å². The predicted octanol–water partition coefficient (Wildman–Crippen LogP) is 2.37. The van der Waals surface area contributed by atoms with E-state index in [0.717, 1.165) is 28.4 Å². The zero-order valence-electron chi connectivity index (χ0n) is 8.19. The van der Waals surface area contributed by atoms with E-state index in [4.69, 9.17) is 4.74 Å². The van der Waals surface area contributed by atoms with Gasteiger partial charge in [-0.2, -0.15) is 11.8 Å². The molecule has 14 heavy (non-hydrogen) atoms. The highest BCUT2D eigenvalue weighted by atomic mass is 32.2. The van der Waals surface area contributed by atoms with Gasteiger partial charge in [0, 0.05) is 17.1 Å². The van der Waals surface area contributed by atoms with Crippen LogP contribution in [0, 0.1) is 0 Å². The highest BCUT2D eigenvalue weighted by Crippen LogP contribution is 2.36. The zero-order valence-corrected chi connectivity index (χ0v) is 9.01. The first-order valence-electron chi connectivity index (χ1n) is 4.83. The van der Waals surface area contributed by atoms with Crippen LogP contribution in [0.15, 0.2) is 18.2 Å². The number of aliphatic hydroxyl groups is 1. The molecule has 76 valence electrons. The molecule has 0 radical (unpaired) electrons. The van der Waals surface area contributed by atoms with Gasteiger partial charge in [-0.25, -0.2) is 0 Å². The first-order valence-corrected chi connectivity index (χ1v) is 5.98. The Kier molecular flexibility index (Phi) is 2.99. The third-order valence-electron chi connectivity index (χ3n) is 2.35. The lowest BCUT2D eigenvalue weighted by Gasteiger charge is -2.23. The first kappa shape index (κ1) is 9.87. The predicted molar refractivity (Wildman–Crippen MR) is 58.7 cm³/mol. The Hall–Kier alpha value is -0.670. The molecular formula is C11H14O2S. The van der Waals surface area contributed by atoms with E-state index in [9.17, 15) is 5.11 Å². The molecule has 1 atom stereocenters. The molecule has 1 aliphatic heterocycles. The molecule has 0 unspecified atom stereocenters. The molecule has 0 spiro atoms. The van der Waals surface area contributed by atoms with Crippen LogP contribution in [0.3, 0.4) is 0 Å². The second kappa shape index (κ2) is 4.24. The number of fused-ring (bicyclic) bond motifs is 1. The monoisotopic (exact) mass is 210 g/mol. The molecule has 1 N–H and O–H groups in total. The molecule has 2 rings (SSSR count). The van der Waals surface area contributed by atoms with Gasteiger partial charge in [0.05, 0.1) is 12.7 Å². The van der Waals surface area contributed by atoms with Crippen molar-refractivity contribution in [3.05, 3.63) is 29.3 Å². The van der Waals surface area contributed by atoms with E-state index in [-0.39, 0.29) is 6.10 Å². The molecule has 0 amide bonds. The van der Waals surface area contributed by atoms with Crippen molar-refractivity contribution < 1.29 is 9.84 Å². The lowest BCUT2D eigenvalue weighted by Crippen LogP contribution is -2.11. The number of thioether (sulfide) groups is 1. The van der Waals surface area contributed by atoms with Gasteiger partial charge in [-0.1, -0.05) is 12.1 Å². The lowest BCUT2D eigenvalue weighted by molar-refractivity contribution is 0.200. The number of benzene rings is 1. The fraction of sp³-hybridized carbons (Fsp3) is 0.455. The Bertz CT molecular complexity index is 325. The van der Waals surface area contributed by atoms with Crippen molar-refractivity contribution in [3.8, 4) is 5.75 Å². The summed E-state index contributed by atoms with van der Waals surface area (Å²) in [4.78, 5) is 0. The topological polar surface area (TPSA) is 29.5 Å². The average molecular weight is 210 g/mol. The van der Waals surface area contributed by atoms with E-state index in [2.05, 4.69) is 0 Å². The molecule has 2 nitrogen and oxygen atoms in total. The Morgan fingerprint density at radius 3 is 3.21 bits per heavy atom. The molecule has 3 heteroatoms. The number of hydrogen-bond acceptors (Lipinski definition) is 3. The Labute approximate surface area is 88.3 Å². The van der Waals surface area contributed by atoms with Gasteiger partial charge < -0.3 is 9.84 Å². The fourth-order valence-corrected chi connectivity index (χ4v) is 2.74. The van der Waals surface area contributed by atoms with Crippen molar-refractivity contribution in [2.45, 2.75) is 18.8 Å². The van der Waals surface area contributed by atoms with Crippen LogP contribution in [-0.4, -0.2) is 17.5 Å². The van der Waals surface area contributed by atoms with Crippen molar-refractivity contribution in [1.29, 1.82) is 0 Å². The van der Waals surface area contributed by atoms with Crippen LogP contribution in [0.4, 0.5) is 0 Å². The second-order valence-corrected chi connectivity index (χ2v) is 4.32. The molecule has 0 bridgehead atoms. The summed E-state index contributed by atoms with van der Waals surface area (Å²) in [6.07, 6.45) is -0.329. The highest BCUT2D eigenvalue weighted by molar-refractivity contribution is 7.98. The smallest absolute Gasteiger partial charge is 0.123 e. The molecule has 1 heterocycles. The zero-order chi connectivity index (χ0) is 9.97. The minimum Gasteiger partial charge on any atom is -0.494 e. The Morgan fingerprint density at radius 2 is 2.43 bits per heavy atom. The lowest BCUT2D eigenvalue weighted by atomic mass is 10.0. The van der Waals surface area contributed by atoms with E-state index in [0.29, 0.717) is 6.61 Å². The molecule has 1 aromatic carbocycles. The van der Waals surface area contributed by atoms with Crippen molar-refractivity contribution in [2.24, 2.45) is 0 Å². The van der Waals surface area contributed by atoms with E-state index in [1.54, 1.807) is 11.8 Å². The Balaban J connectivity index is 2.39. The van der Waals surface area contributed by atoms with Gasteiger partial charge in [-0.05, 0) is 18.6 Å². The van der Waals surface area contributed by atoms with Crippen LogP contribution in [0.2, 0.25) is 0 Å². The van der Waals surface area contributed by atoms with E-state index in [1.165, 1.54) is 0 Å². The number of aliphatic hydroxyl groups excluding tert-OH is 1. The van der Waals surface area contributed by atoms with Crippen LogP contribution in [-0.2, 0) is 5.75 Å². The summed E-state index contributed by atoms with van der Waals surface area (Å²) in [5.74, 6) is 2.67. The molecule has 1 aliphatic rings. The quantitative estimate of drug-likeness (QED) is 0.812. The molecule has 0 aromatic heterocycles. The summed E-state index contributed by atoms with van der Waals surface area (Å²) in [7, 11) is 0. The summed E-state index contributed by atoms with van der Waals surface area (Å²) in [5.41, 5.74) is 2.20. The van der Waals surface area contributed by atoms with Gasteiger partial charge in [0.1, 0.15) is 5.75 Å². The highest BCUT2D eigenvalue weighted by Gasteiger charge is 2.20. The van der Waals surface area contributed by atoms with Gasteiger partial charge in [-0.3, -0.25) is 0 Å². The molecule has 0 saturated carbocycles. The summed E-state index contributed by atoms with van der Waals surface area (Å²) in [6.45, 7) is 2.66. The average Bonchev–Trinajstić information content (AvgIpc) is 2.20. The van der Waals surface area contributed by atoms with Gasteiger partial charge in [0.15, 0.2) is 0 Å². The van der Waals surface area contributed by atoms with Crippen LogP contribution in [0.5, 0.6) is 5.75 Å². The molecule has 0 saturated heterocycles. The van der Waals surface area contributed by atoms with Crippen molar-refractivity contribution in [2.75, 3.05) is 12.4 Å². The maximum Gasteiger partial charge on any atom is 0.123 e. The molecular weight excluding hydrogens is 196 g/mol. The maximum absolute atomic E-state index is 9.78. The van der Waals surface area contributed by atoms with Crippen LogP contribution < -0.4 is 4.74 Å². The Morgan fingerprint density at radius 1 is 1.57 bits per heavy atom. The molecule has 0 fully saturated rings. The minimum atomic E-state index is -0.329. The van der Waals surface area contributed by atoms with Gasteiger partial charge in [0.25, 0.3) is 0 Å². The minimum absolute atomic E-state index is 0.329. The van der Waals surface area contributed by atoms with Crippen molar-refractivity contribution in [1.82, 2.24) is 0 Å². The third-order valence-corrected chi connectivity index (χ3v) is 3.39. The third kappa shape index (κ3) is 1.74. The number of ether oxygens (including phenoxy) is 1. The largest absolute Gasteiger partial charge is 0.494 e. The fourth-order valence-electron chi connectivity index (χ4n) is 1.70. The number of hydrogen-bond donors (Lipinski definition) is 1. The summed E-state index contributed by atoms with van der Waals surface area (Å²) >= 11 is 1.76. The van der Waals surface area contributed by atoms with E-state index < -0.39 is 0 Å². The summed E-state index contributed by atoms with van der Waals surface area (Å²) in [6, 6.07) is 5.91. The molecule has 1 aromatic rings.